The molecule has 0 radical (unpaired) electrons. The normalized spacial score (nSPS) is 20.0. The summed E-state index contributed by atoms with van der Waals surface area (Å²) in [7, 11) is 1.61. The molecule has 0 saturated carbocycles. The second-order valence-electron chi connectivity index (χ2n) is 5.94. The first kappa shape index (κ1) is 16.3. The van der Waals surface area contributed by atoms with E-state index in [4.69, 9.17) is 15.2 Å². The Hall–Kier alpha value is -2.53. The molecular formula is C19H22N2O3. The van der Waals surface area contributed by atoms with Crippen LogP contribution in [0.2, 0.25) is 0 Å². The van der Waals surface area contributed by atoms with Crippen LogP contribution >= 0.6 is 0 Å². The van der Waals surface area contributed by atoms with Crippen molar-refractivity contribution >= 4 is 5.91 Å². The fourth-order valence-electron chi connectivity index (χ4n) is 2.99. The molecule has 1 saturated heterocycles. The maximum Gasteiger partial charge on any atom is 0.260 e. The molecule has 0 unspecified atom stereocenters. The minimum absolute atomic E-state index is 0.0144. The van der Waals surface area contributed by atoms with Gasteiger partial charge in [-0.1, -0.05) is 30.3 Å². The van der Waals surface area contributed by atoms with E-state index in [2.05, 4.69) is 12.1 Å². The number of ether oxygens (including phenoxy) is 2. The summed E-state index contributed by atoms with van der Waals surface area (Å²) in [6.07, 6.45) is 0. The number of nitrogens with two attached hydrogens (primary N) is 1. The molecule has 2 aromatic carbocycles. The molecule has 0 aliphatic carbocycles. The summed E-state index contributed by atoms with van der Waals surface area (Å²) >= 11 is 0. The predicted octanol–water partition coefficient (Wildman–Crippen LogP) is 2.03. The predicted molar refractivity (Wildman–Crippen MR) is 92.2 cm³/mol. The monoisotopic (exact) mass is 326 g/mol. The van der Waals surface area contributed by atoms with Crippen LogP contribution in [-0.4, -0.2) is 43.7 Å². The molecule has 3 rings (SSSR count). The lowest BCUT2D eigenvalue weighted by atomic mass is 9.95. The van der Waals surface area contributed by atoms with Crippen molar-refractivity contribution < 1.29 is 14.3 Å². The van der Waals surface area contributed by atoms with Gasteiger partial charge in [0.1, 0.15) is 11.5 Å². The molecule has 0 spiro atoms. The summed E-state index contributed by atoms with van der Waals surface area (Å²) in [4.78, 5) is 14.2. The lowest BCUT2D eigenvalue weighted by Crippen LogP contribution is -2.35. The number of rotatable bonds is 5. The zero-order chi connectivity index (χ0) is 16.9. The van der Waals surface area contributed by atoms with E-state index in [1.807, 2.05) is 18.2 Å². The van der Waals surface area contributed by atoms with Crippen molar-refractivity contribution in [3.63, 3.8) is 0 Å². The van der Waals surface area contributed by atoms with Crippen molar-refractivity contribution in [3.05, 3.63) is 60.2 Å². The molecule has 1 amide bonds. The van der Waals surface area contributed by atoms with E-state index in [9.17, 15) is 4.79 Å². The van der Waals surface area contributed by atoms with E-state index in [-0.39, 0.29) is 24.5 Å². The van der Waals surface area contributed by atoms with Crippen LogP contribution in [0.15, 0.2) is 54.6 Å². The third-order valence-corrected chi connectivity index (χ3v) is 4.37. The van der Waals surface area contributed by atoms with Gasteiger partial charge < -0.3 is 20.1 Å². The molecule has 5 nitrogen and oxygen atoms in total. The number of hydrogen-bond acceptors (Lipinski definition) is 4. The van der Waals surface area contributed by atoms with Crippen LogP contribution in [0.1, 0.15) is 11.5 Å². The summed E-state index contributed by atoms with van der Waals surface area (Å²) in [6.45, 7) is 1.21. The van der Waals surface area contributed by atoms with E-state index in [0.717, 1.165) is 5.75 Å². The number of carbonyl (C=O) groups excluding carboxylic acids is 1. The largest absolute Gasteiger partial charge is 0.497 e. The third-order valence-electron chi connectivity index (χ3n) is 4.37. The van der Waals surface area contributed by atoms with Crippen molar-refractivity contribution in [2.24, 2.45) is 5.73 Å². The Balaban J connectivity index is 1.55. The fourth-order valence-corrected chi connectivity index (χ4v) is 2.99. The Bertz CT molecular complexity index is 673. The number of likely N-dealkylation sites (tertiary alicyclic amines) is 1. The zero-order valence-electron chi connectivity index (χ0n) is 13.7. The number of nitrogens with zero attached hydrogens (tertiary/aromatic N) is 1. The van der Waals surface area contributed by atoms with E-state index >= 15 is 0 Å². The van der Waals surface area contributed by atoms with Gasteiger partial charge in [-0.2, -0.15) is 0 Å². The summed E-state index contributed by atoms with van der Waals surface area (Å²) < 4.78 is 10.7. The minimum atomic E-state index is -0.0441. The smallest absolute Gasteiger partial charge is 0.260 e. The average molecular weight is 326 g/mol. The Labute approximate surface area is 142 Å². The average Bonchev–Trinajstić information content (AvgIpc) is 3.02. The number of methoxy groups -OCH3 is 1. The second-order valence-corrected chi connectivity index (χ2v) is 5.94. The second kappa shape index (κ2) is 7.36. The summed E-state index contributed by atoms with van der Waals surface area (Å²) in [6, 6.07) is 17.2. The molecule has 5 heteroatoms. The maximum absolute atomic E-state index is 12.4. The van der Waals surface area contributed by atoms with Crippen LogP contribution in [-0.2, 0) is 4.79 Å². The highest BCUT2D eigenvalue weighted by atomic mass is 16.5. The molecule has 2 atom stereocenters. The van der Waals surface area contributed by atoms with Crippen molar-refractivity contribution in [3.8, 4) is 11.5 Å². The van der Waals surface area contributed by atoms with Crippen LogP contribution in [0, 0.1) is 0 Å². The standard InChI is InChI=1S/C19H22N2O3/c1-23-15-7-9-16(10-8-15)24-13-19(22)21-11-17(18(20)12-21)14-5-3-2-4-6-14/h2-10,17-18H,11-13,20H2,1H3/t17-,18+/m0/s1. The number of amides is 1. The third kappa shape index (κ3) is 3.68. The van der Waals surface area contributed by atoms with Crippen molar-refractivity contribution in [1.29, 1.82) is 0 Å². The first-order valence-electron chi connectivity index (χ1n) is 8.02. The summed E-state index contributed by atoms with van der Waals surface area (Å²) in [5.41, 5.74) is 7.41. The Morgan fingerprint density at radius 2 is 1.75 bits per heavy atom. The van der Waals surface area contributed by atoms with E-state index < -0.39 is 0 Å². The molecule has 1 fully saturated rings. The Morgan fingerprint density at radius 1 is 1.08 bits per heavy atom. The van der Waals surface area contributed by atoms with Gasteiger partial charge in [0.25, 0.3) is 5.91 Å². The van der Waals surface area contributed by atoms with Crippen molar-refractivity contribution in [1.82, 2.24) is 4.90 Å². The van der Waals surface area contributed by atoms with E-state index in [1.54, 1.807) is 36.3 Å². The molecule has 1 aliphatic heterocycles. The van der Waals surface area contributed by atoms with Crippen LogP contribution in [0.5, 0.6) is 11.5 Å². The molecule has 0 bridgehead atoms. The van der Waals surface area contributed by atoms with Crippen LogP contribution in [0.4, 0.5) is 0 Å². The van der Waals surface area contributed by atoms with Gasteiger partial charge in [-0.25, -0.2) is 0 Å². The molecular weight excluding hydrogens is 304 g/mol. The molecule has 2 aromatic rings. The van der Waals surface area contributed by atoms with Crippen LogP contribution in [0.3, 0.4) is 0 Å². The van der Waals surface area contributed by atoms with Gasteiger partial charge in [0.2, 0.25) is 0 Å². The molecule has 126 valence electrons. The topological polar surface area (TPSA) is 64.8 Å². The van der Waals surface area contributed by atoms with Crippen LogP contribution in [0.25, 0.3) is 0 Å². The van der Waals surface area contributed by atoms with Crippen molar-refractivity contribution in [2.45, 2.75) is 12.0 Å². The number of hydrogen-bond donors (Lipinski definition) is 1. The molecule has 24 heavy (non-hydrogen) atoms. The summed E-state index contributed by atoms with van der Waals surface area (Å²) in [5, 5.41) is 0. The Morgan fingerprint density at radius 3 is 2.42 bits per heavy atom. The molecule has 1 aliphatic rings. The Kier molecular flexibility index (Phi) is 5.01. The van der Waals surface area contributed by atoms with Crippen molar-refractivity contribution in [2.75, 3.05) is 26.8 Å². The quantitative estimate of drug-likeness (QED) is 0.913. The molecule has 2 N–H and O–H groups in total. The van der Waals surface area contributed by atoms with Gasteiger partial charge in [-0.05, 0) is 29.8 Å². The number of benzene rings is 2. The maximum atomic E-state index is 12.4. The lowest BCUT2D eigenvalue weighted by Gasteiger charge is -2.17. The zero-order valence-corrected chi connectivity index (χ0v) is 13.7. The van der Waals surface area contributed by atoms with Crippen LogP contribution < -0.4 is 15.2 Å². The SMILES string of the molecule is COc1ccc(OCC(=O)N2C[C@@H](N)[C@H](c3ccccc3)C2)cc1. The lowest BCUT2D eigenvalue weighted by molar-refractivity contribution is -0.132. The highest BCUT2D eigenvalue weighted by molar-refractivity contribution is 5.78. The first-order valence-corrected chi connectivity index (χ1v) is 8.02. The fraction of sp³-hybridized carbons (Fsp3) is 0.316. The van der Waals surface area contributed by atoms with E-state index in [1.165, 1.54) is 5.56 Å². The highest BCUT2D eigenvalue weighted by Crippen LogP contribution is 2.26. The van der Waals surface area contributed by atoms with E-state index in [0.29, 0.717) is 18.8 Å². The van der Waals surface area contributed by atoms with Gasteiger partial charge in [0.05, 0.1) is 7.11 Å². The van der Waals surface area contributed by atoms with Gasteiger partial charge >= 0.3 is 0 Å². The van der Waals surface area contributed by atoms with Gasteiger partial charge in [0.15, 0.2) is 6.61 Å². The minimum Gasteiger partial charge on any atom is -0.497 e. The van der Waals surface area contributed by atoms with Gasteiger partial charge in [0, 0.05) is 25.0 Å². The summed E-state index contributed by atoms with van der Waals surface area (Å²) in [5.74, 6) is 1.54. The number of carbonyl (C=O) groups is 1. The first-order chi connectivity index (χ1) is 11.7. The molecule has 0 aromatic heterocycles. The molecule has 1 heterocycles. The van der Waals surface area contributed by atoms with Gasteiger partial charge in [-0.3, -0.25) is 4.79 Å². The highest BCUT2D eigenvalue weighted by Gasteiger charge is 2.33. The van der Waals surface area contributed by atoms with Gasteiger partial charge in [-0.15, -0.1) is 0 Å².